The van der Waals surface area contributed by atoms with Crippen molar-refractivity contribution in [1.29, 1.82) is 0 Å². The summed E-state index contributed by atoms with van der Waals surface area (Å²) in [6.07, 6.45) is 4.94. The fourth-order valence-electron chi connectivity index (χ4n) is 8.98. The Kier molecular flexibility index (Phi) is 11.8. The summed E-state index contributed by atoms with van der Waals surface area (Å²) in [5.41, 5.74) is -0.625. The molecule has 0 aliphatic carbocycles. The number of hydrogen-bond donors (Lipinski definition) is 2. The summed E-state index contributed by atoms with van der Waals surface area (Å²) < 4.78 is 12.4. The number of nitrogens with zero attached hydrogens (tertiary/aromatic N) is 2. The number of carbonyl (C=O) groups excluding carboxylic acids is 4. The molecule has 10 heteroatoms. The van der Waals surface area contributed by atoms with Gasteiger partial charge in [0.25, 0.3) is 0 Å². The Morgan fingerprint density at radius 2 is 1.67 bits per heavy atom. The Morgan fingerprint density at radius 1 is 1.04 bits per heavy atom. The molecule has 2 bridgehead atoms. The molecule has 3 aliphatic rings. The average molecular weight is 714 g/mol. The number of hydrogen-bond acceptors (Lipinski definition) is 7. The van der Waals surface area contributed by atoms with Crippen molar-refractivity contribution in [2.24, 2.45) is 17.3 Å². The third-order valence-electron chi connectivity index (χ3n) is 10.7. The van der Waals surface area contributed by atoms with Gasteiger partial charge in [-0.3, -0.25) is 19.2 Å². The maximum Gasteiger partial charge on any atom is 0.306 e. The van der Waals surface area contributed by atoms with Crippen molar-refractivity contribution >= 4 is 23.7 Å². The lowest BCUT2D eigenvalue weighted by molar-refractivity contribution is -0.155. The molecule has 3 aliphatic heterocycles. The van der Waals surface area contributed by atoms with Crippen LogP contribution in [0.15, 0.2) is 86.0 Å². The summed E-state index contributed by atoms with van der Waals surface area (Å²) in [5, 5.41) is 14.0. The van der Waals surface area contributed by atoms with E-state index in [1.807, 2.05) is 74.5 Å². The molecule has 2 N–H and O–H groups in total. The van der Waals surface area contributed by atoms with E-state index in [4.69, 9.17) is 9.47 Å². The van der Waals surface area contributed by atoms with Crippen molar-refractivity contribution in [3.05, 3.63) is 97.1 Å². The zero-order valence-electron chi connectivity index (χ0n) is 31.3. The lowest BCUT2D eigenvalue weighted by atomic mass is 9.70. The maximum atomic E-state index is 15.2. The number of rotatable bonds is 16. The molecule has 7 atom stereocenters. The first-order valence-corrected chi connectivity index (χ1v) is 18.4. The number of carbonyl (C=O) groups is 4. The molecule has 10 nitrogen and oxygen atoms in total. The number of ether oxygens (including phenoxy) is 2. The molecule has 2 aromatic carbocycles. The van der Waals surface area contributed by atoms with Gasteiger partial charge in [0.15, 0.2) is 0 Å². The van der Waals surface area contributed by atoms with Gasteiger partial charge >= 0.3 is 5.97 Å². The normalized spacial score (nSPS) is 24.9. The van der Waals surface area contributed by atoms with Gasteiger partial charge in [-0.05, 0) is 56.1 Å². The molecule has 2 aromatic rings. The van der Waals surface area contributed by atoms with Crippen LogP contribution in [-0.2, 0) is 28.7 Å². The number of benzene rings is 2. The summed E-state index contributed by atoms with van der Waals surface area (Å²) in [6.45, 7) is 17.8. The zero-order chi connectivity index (χ0) is 37.8. The highest BCUT2D eigenvalue weighted by Gasteiger charge is 2.75. The summed E-state index contributed by atoms with van der Waals surface area (Å²) in [5.74, 6) is -3.40. The molecule has 0 radical (unpaired) electrons. The number of aliphatic hydroxyl groups is 1. The van der Waals surface area contributed by atoms with Crippen LogP contribution in [0.2, 0.25) is 0 Å². The first kappa shape index (κ1) is 38.9. The fourth-order valence-corrected chi connectivity index (χ4v) is 8.98. The van der Waals surface area contributed by atoms with Gasteiger partial charge in [0.05, 0.1) is 36.6 Å². The fraction of sp³-hybridized carbons (Fsp3) is 0.524. The maximum absolute atomic E-state index is 15.2. The van der Waals surface area contributed by atoms with Gasteiger partial charge in [-0.2, -0.15) is 0 Å². The summed E-state index contributed by atoms with van der Waals surface area (Å²) in [6, 6.07) is 15.8. The van der Waals surface area contributed by atoms with Gasteiger partial charge in [0, 0.05) is 18.5 Å². The van der Waals surface area contributed by atoms with Gasteiger partial charge in [-0.1, -0.05) is 93.6 Å². The van der Waals surface area contributed by atoms with Crippen molar-refractivity contribution in [3.8, 4) is 0 Å². The Hall–Kier alpha value is -4.28. The molecule has 0 saturated carbocycles. The van der Waals surface area contributed by atoms with E-state index >= 15 is 4.79 Å². The van der Waals surface area contributed by atoms with Crippen LogP contribution in [0.1, 0.15) is 89.9 Å². The van der Waals surface area contributed by atoms with Crippen LogP contribution in [0.4, 0.5) is 0 Å². The van der Waals surface area contributed by atoms with E-state index in [9.17, 15) is 19.5 Å². The third kappa shape index (κ3) is 7.74. The van der Waals surface area contributed by atoms with E-state index in [0.29, 0.717) is 31.2 Å². The largest absolute Gasteiger partial charge is 0.463 e. The molecule has 3 saturated heterocycles. The lowest BCUT2D eigenvalue weighted by Gasteiger charge is -2.46. The molecule has 280 valence electrons. The Balaban J connectivity index is 1.54. The van der Waals surface area contributed by atoms with Crippen LogP contribution in [-0.4, -0.2) is 81.6 Å². The predicted octanol–water partition coefficient (Wildman–Crippen LogP) is 5.69. The van der Waals surface area contributed by atoms with Crippen LogP contribution >= 0.6 is 0 Å². The van der Waals surface area contributed by atoms with Crippen LogP contribution < -0.4 is 5.32 Å². The van der Waals surface area contributed by atoms with Crippen LogP contribution in [0.5, 0.6) is 0 Å². The van der Waals surface area contributed by atoms with Crippen molar-refractivity contribution in [2.75, 3.05) is 19.8 Å². The van der Waals surface area contributed by atoms with E-state index in [-0.39, 0.29) is 30.9 Å². The van der Waals surface area contributed by atoms with Gasteiger partial charge in [-0.25, -0.2) is 0 Å². The molecule has 0 unspecified atom stereocenters. The smallest absolute Gasteiger partial charge is 0.306 e. The minimum absolute atomic E-state index is 0.0963. The summed E-state index contributed by atoms with van der Waals surface area (Å²) >= 11 is 0. The number of likely N-dealkylation sites (tertiary alicyclic amines) is 1. The molecule has 1 spiro atoms. The van der Waals surface area contributed by atoms with Crippen molar-refractivity contribution in [2.45, 2.75) is 102 Å². The van der Waals surface area contributed by atoms with Gasteiger partial charge in [0.2, 0.25) is 17.7 Å². The van der Waals surface area contributed by atoms with Gasteiger partial charge in [-0.15, -0.1) is 13.2 Å². The number of amides is 3. The molecule has 52 heavy (non-hydrogen) atoms. The molecular formula is C42H55N3O7. The van der Waals surface area contributed by atoms with Gasteiger partial charge < -0.3 is 29.7 Å². The predicted molar refractivity (Wildman–Crippen MR) is 198 cm³/mol. The second-order valence-electron chi connectivity index (χ2n) is 16.2. The topological polar surface area (TPSA) is 125 Å². The molecule has 3 amide bonds. The van der Waals surface area contributed by atoms with Crippen LogP contribution in [0.3, 0.4) is 0 Å². The van der Waals surface area contributed by atoms with E-state index in [1.165, 1.54) is 4.90 Å². The van der Waals surface area contributed by atoms with Crippen LogP contribution in [0.25, 0.3) is 0 Å². The van der Waals surface area contributed by atoms with Crippen molar-refractivity contribution < 1.29 is 33.8 Å². The molecule has 3 heterocycles. The molecule has 5 rings (SSSR count). The second kappa shape index (κ2) is 15.8. The number of fused-ring (bicyclic) bond motifs is 1. The quantitative estimate of drug-likeness (QED) is 0.169. The van der Waals surface area contributed by atoms with E-state index in [0.717, 1.165) is 5.56 Å². The number of esters is 1. The lowest BCUT2D eigenvalue weighted by Crippen LogP contribution is -2.61. The van der Waals surface area contributed by atoms with Gasteiger partial charge in [0.1, 0.15) is 18.2 Å². The van der Waals surface area contributed by atoms with E-state index < -0.39 is 71.6 Å². The Labute approximate surface area is 308 Å². The number of aliphatic hydroxyl groups excluding tert-OH is 1. The minimum atomic E-state index is -1.29. The van der Waals surface area contributed by atoms with Crippen molar-refractivity contribution in [3.63, 3.8) is 0 Å². The number of nitrogens with one attached hydrogen (secondary N) is 1. The monoisotopic (exact) mass is 713 g/mol. The first-order valence-electron chi connectivity index (χ1n) is 18.4. The van der Waals surface area contributed by atoms with Crippen molar-refractivity contribution in [1.82, 2.24) is 15.1 Å². The highest BCUT2D eigenvalue weighted by Crippen LogP contribution is 2.60. The molecule has 3 fully saturated rings. The first-order chi connectivity index (χ1) is 24.7. The number of allylic oxidation sites excluding steroid dienone is 1. The van der Waals surface area contributed by atoms with Crippen LogP contribution in [0, 0.1) is 17.3 Å². The summed E-state index contributed by atoms with van der Waals surface area (Å²) in [4.78, 5) is 60.5. The standard InChI is InChI=1S/C42H55N3O7/c1-8-10-21-33(47)51-26-30(28-17-13-11-14-18-28)43-37(48)34-32-22-23-42(52-32)35(34)38(49)45(31(25-46)29-19-15-12-16-20-29)36(42)39(50)44(24-9-2)41(6,7)27-40(3,4)5/h8-9,11-20,30-32,34-36,46H,1-2,10,21-27H2,3-7H3,(H,43,48)/t30-,31+,32+,34-,35-,36+,42-/m0/s1. The molecular weight excluding hydrogens is 658 g/mol. The highest BCUT2D eigenvalue weighted by molar-refractivity contribution is 5.99. The van der Waals surface area contributed by atoms with E-state index in [1.54, 1.807) is 17.1 Å². The zero-order valence-corrected chi connectivity index (χ0v) is 31.3. The third-order valence-corrected chi connectivity index (χ3v) is 10.7. The Morgan fingerprint density at radius 3 is 2.25 bits per heavy atom. The minimum Gasteiger partial charge on any atom is -0.463 e. The highest BCUT2D eigenvalue weighted by atomic mass is 16.5. The second-order valence-corrected chi connectivity index (χ2v) is 16.2. The summed E-state index contributed by atoms with van der Waals surface area (Å²) in [7, 11) is 0. The Bertz CT molecular complexity index is 1620. The average Bonchev–Trinajstić information content (AvgIpc) is 3.75. The molecule has 0 aromatic heterocycles. The van der Waals surface area contributed by atoms with E-state index in [2.05, 4.69) is 39.2 Å². The SMILES string of the molecule is C=CCCC(=O)OC[C@H](NC(=O)[C@@H]1[C@H]2C(=O)N([C@H](CO)c3ccccc3)[C@H](C(=O)N(CC=C)C(C)(C)CC(C)(C)C)[C@]23CC[C@H]1O3)c1ccccc1.